The molecule has 1 aliphatic heterocycles. The van der Waals surface area contributed by atoms with Gasteiger partial charge in [-0.15, -0.1) is 0 Å². The summed E-state index contributed by atoms with van der Waals surface area (Å²) in [5.41, 5.74) is 1.01. The van der Waals surface area contributed by atoms with Crippen LogP contribution in [0.15, 0.2) is 24.3 Å². The monoisotopic (exact) mass is 289 g/mol. The molecule has 2 atom stereocenters. The van der Waals surface area contributed by atoms with E-state index in [1.54, 1.807) is 11.8 Å². The van der Waals surface area contributed by atoms with Gasteiger partial charge in [0.25, 0.3) is 0 Å². The molecule has 3 rings (SSSR count). The van der Waals surface area contributed by atoms with E-state index in [0.29, 0.717) is 13.0 Å². The molecule has 0 bridgehead atoms. The number of amides is 1. The van der Waals surface area contributed by atoms with Crippen molar-refractivity contribution in [3.8, 4) is 5.75 Å². The lowest BCUT2D eigenvalue weighted by atomic mass is 9.95. The van der Waals surface area contributed by atoms with Crippen molar-refractivity contribution in [1.82, 2.24) is 4.90 Å². The van der Waals surface area contributed by atoms with Gasteiger partial charge in [-0.1, -0.05) is 18.2 Å². The highest BCUT2D eigenvalue weighted by molar-refractivity contribution is 5.86. The number of aliphatic carboxylic acids is 1. The molecule has 0 saturated heterocycles. The number of carbonyl (C=O) groups excluding carboxylic acids is 1. The lowest BCUT2D eigenvalue weighted by Crippen LogP contribution is -2.49. The highest BCUT2D eigenvalue weighted by Crippen LogP contribution is 2.33. The Hall–Kier alpha value is -2.04. The van der Waals surface area contributed by atoms with Gasteiger partial charge in [-0.3, -0.25) is 4.79 Å². The van der Waals surface area contributed by atoms with Crippen LogP contribution in [-0.2, 0) is 16.0 Å². The smallest absolute Gasteiger partial charge is 0.326 e. The Bertz CT molecular complexity index is 567. The van der Waals surface area contributed by atoms with Crippen molar-refractivity contribution in [2.45, 2.75) is 38.3 Å². The Labute approximate surface area is 123 Å². The maximum absolute atomic E-state index is 12.7. The Morgan fingerprint density at radius 1 is 1.33 bits per heavy atom. The third-order valence-corrected chi connectivity index (χ3v) is 4.20. The summed E-state index contributed by atoms with van der Waals surface area (Å²) in [6.45, 7) is 1.90. The van der Waals surface area contributed by atoms with Crippen LogP contribution in [0.2, 0.25) is 0 Å². The largest absolute Gasteiger partial charge is 0.492 e. The minimum Gasteiger partial charge on any atom is -0.492 e. The molecular weight excluding hydrogens is 270 g/mol. The minimum absolute atomic E-state index is 0.0840. The lowest BCUT2D eigenvalue weighted by molar-refractivity contribution is -0.152. The van der Waals surface area contributed by atoms with E-state index >= 15 is 0 Å². The molecule has 5 heteroatoms. The molecule has 0 radical (unpaired) electrons. The van der Waals surface area contributed by atoms with Crippen molar-refractivity contribution in [3.05, 3.63) is 29.8 Å². The van der Waals surface area contributed by atoms with Crippen molar-refractivity contribution < 1.29 is 19.4 Å². The van der Waals surface area contributed by atoms with Crippen LogP contribution >= 0.6 is 0 Å². The molecule has 1 heterocycles. The van der Waals surface area contributed by atoms with Crippen LogP contribution < -0.4 is 4.74 Å². The van der Waals surface area contributed by atoms with Gasteiger partial charge in [0.2, 0.25) is 5.91 Å². The topological polar surface area (TPSA) is 66.8 Å². The molecule has 21 heavy (non-hydrogen) atoms. The summed E-state index contributed by atoms with van der Waals surface area (Å²) in [4.78, 5) is 25.5. The Balaban J connectivity index is 1.77. The number of hydrogen-bond acceptors (Lipinski definition) is 3. The zero-order chi connectivity index (χ0) is 15.0. The summed E-state index contributed by atoms with van der Waals surface area (Å²) in [5.74, 6) is -0.512. The van der Waals surface area contributed by atoms with Crippen molar-refractivity contribution in [2.75, 3.05) is 6.61 Å². The predicted octanol–water partition coefficient (Wildman–Crippen LogP) is 1.70. The average molecular weight is 289 g/mol. The standard InChI is InChI=1S/C16H19NO4/c1-10(16(19)20)17(13-6-7-13)15(18)12-8-11-4-2-3-5-14(11)21-9-12/h2-5,10,12-13H,6-9H2,1H3,(H,19,20). The zero-order valence-electron chi connectivity index (χ0n) is 12.0. The molecule has 1 aromatic rings. The van der Waals surface area contributed by atoms with Crippen LogP contribution in [-0.4, -0.2) is 40.6 Å². The highest BCUT2D eigenvalue weighted by Gasteiger charge is 2.41. The third kappa shape index (κ3) is 2.73. The summed E-state index contributed by atoms with van der Waals surface area (Å²) < 4.78 is 5.65. The van der Waals surface area contributed by atoms with E-state index in [1.807, 2.05) is 24.3 Å². The number of para-hydroxylation sites is 1. The molecule has 0 spiro atoms. The fourth-order valence-electron chi connectivity index (χ4n) is 2.86. The van der Waals surface area contributed by atoms with E-state index in [0.717, 1.165) is 24.2 Å². The van der Waals surface area contributed by atoms with Crippen LogP contribution in [0.5, 0.6) is 5.75 Å². The first-order chi connectivity index (χ1) is 10.1. The summed E-state index contributed by atoms with van der Waals surface area (Å²) in [6, 6.07) is 6.99. The van der Waals surface area contributed by atoms with Gasteiger partial charge < -0.3 is 14.7 Å². The first-order valence-electron chi connectivity index (χ1n) is 7.33. The molecule has 1 amide bonds. The fraction of sp³-hybridized carbons (Fsp3) is 0.500. The molecular formula is C16H19NO4. The number of carbonyl (C=O) groups is 2. The predicted molar refractivity (Wildman–Crippen MR) is 76.1 cm³/mol. The molecule has 2 aliphatic rings. The number of ether oxygens (including phenoxy) is 1. The van der Waals surface area contributed by atoms with E-state index in [-0.39, 0.29) is 17.9 Å². The molecule has 0 aromatic heterocycles. The number of fused-ring (bicyclic) bond motifs is 1. The molecule has 112 valence electrons. The summed E-state index contributed by atoms with van der Waals surface area (Å²) in [5, 5.41) is 9.21. The van der Waals surface area contributed by atoms with Crippen molar-refractivity contribution in [1.29, 1.82) is 0 Å². The second-order valence-electron chi connectivity index (χ2n) is 5.81. The Kier molecular flexibility index (Phi) is 3.57. The first-order valence-corrected chi connectivity index (χ1v) is 7.33. The molecule has 1 aliphatic carbocycles. The van der Waals surface area contributed by atoms with Gasteiger partial charge in [-0.25, -0.2) is 4.79 Å². The summed E-state index contributed by atoms with van der Waals surface area (Å²) >= 11 is 0. The zero-order valence-corrected chi connectivity index (χ0v) is 12.0. The van der Waals surface area contributed by atoms with Crippen LogP contribution in [0, 0.1) is 5.92 Å². The fourth-order valence-corrected chi connectivity index (χ4v) is 2.86. The molecule has 2 unspecified atom stereocenters. The van der Waals surface area contributed by atoms with E-state index in [4.69, 9.17) is 4.74 Å². The number of benzene rings is 1. The quantitative estimate of drug-likeness (QED) is 0.916. The maximum atomic E-state index is 12.7. The van der Waals surface area contributed by atoms with Crippen LogP contribution in [0.3, 0.4) is 0 Å². The van der Waals surface area contributed by atoms with Crippen LogP contribution in [0.4, 0.5) is 0 Å². The van der Waals surface area contributed by atoms with Crippen LogP contribution in [0.25, 0.3) is 0 Å². The molecule has 1 N–H and O–H groups in total. The summed E-state index contributed by atoms with van der Waals surface area (Å²) in [6.07, 6.45) is 2.41. The molecule has 1 fully saturated rings. The Morgan fingerprint density at radius 3 is 2.71 bits per heavy atom. The normalized spacial score (nSPS) is 21.9. The number of rotatable bonds is 4. The minimum atomic E-state index is -0.952. The number of hydrogen-bond donors (Lipinski definition) is 1. The highest BCUT2D eigenvalue weighted by atomic mass is 16.5. The van der Waals surface area contributed by atoms with Gasteiger partial charge in [-0.2, -0.15) is 0 Å². The van der Waals surface area contributed by atoms with E-state index in [2.05, 4.69) is 0 Å². The van der Waals surface area contributed by atoms with Crippen molar-refractivity contribution >= 4 is 11.9 Å². The number of carboxylic acids is 1. The van der Waals surface area contributed by atoms with Gasteiger partial charge in [-0.05, 0) is 37.8 Å². The molecule has 1 saturated carbocycles. The third-order valence-electron chi connectivity index (χ3n) is 4.20. The lowest BCUT2D eigenvalue weighted by Gasteiger charge is -2.32. The van der Waals surface area contributed by atoms with Gasteiger partial charge in [0.15, 0.2) is 0 Å². The maximum Gasteiger partial charge on any atom is 0.326 e. The molecule has 5 nitrogen and oxygen atoms in total. The van der Waals surface area contributed by atoms with Gasteiger partial charge >= 0.3 is 5.97 Å². The second kappa shape index (κ2) is 5.39. The summed E-state index contributed by atoms with van der Waals surface area (Å²) in [7, 11) is 0. The van der Waals surface area contributed by atoms with E-state index in [9.17, 15) is 14.7 Å². The average Bonchev–Trinajstić information content (AvgIpc) is 3.31. The van der Waals surface area contributed by atoms with Crippen molar-refractivity contribution in [2.24, 2.45) is 5.92 Å². The number of nitrogens with zero attached hydrogens (tertiary/aromatic N) is 1. The van der Waals surface area contributed by atoms with Gasteiger partial charge in [0.05, 0.1) is 5.92 Å². The van der Waals surface area contributed by atoms with Gasteiger partial charge in [0, 0.05) is 6.04 Å². The second-order valence-corrected chi connectivity index (χ2v) is 5.81. The van der Waals surface area contributed by atoms with Crippen LogP contribution in [0.1, 0.15) is 25.3 Å². The SMILES string of the molecule is CC(C(=O)O)N(C(=O)C1COc2ccccc2C1)C1CC1. The van der Waals surface area contributed by atoms with Crippen molar-refractivity contribution in [3.63, 3.8) is 0 Å². The van der Waals surface area contributed by atoms with E-state index in [1.165, 1.54) is 0 Å². The van der Waals surface area contributed by atoms with E-state index < -0.39 is 12.0 Å². The van der Waals surface area contributed by atoms with Gasteiger partial charge in [0.1, 0.15) is 18.4 Å². The first kappa shape index (κ1) is 13.9. The Morgan fingerprint density at radius 2 is 2.05 bits per heavy atom. The number of carboxylic acid groups (broad SMARTS) is 1. The molecule has 1 aromatic carbocycles.